The number of anilines is 2. The lowest BCUT2D eigenvalue weighted by Gasteiger charge is -2.29. The van der Waals surface area contributed by atoms with Crippen LogP contribution < -0.4 is 19.7 Å². The molecule has 33 heavy (non-hydrogen) atoms. The molecule has 2 amide bonds. The summed E-state index contributed by atoms with van der Waals surface area (Å²) in [6.07, 6.45) is 0. The Balaban J connectivity index is 1.71. The molecule has 6 nitrogen and oxygen atoms in total. The van der Waals surface area contributed by atoms with Crippen molar-refractivity contribution >= 4 is 23.2 Å². The maximum absolute atomic E-state index is 13.2. The van der Waals surface area contributed by atoms with Crippen molar-refractivity contribution in [1.82, 2.24) is 0 Å². The van der Waals surface area contributed by atoms with Gasteiger partial charge < -0.3 is 19.7 Å². The molecule has 1 N–H and O–H groups in total. The first-order valence-electron chi connectivity index (χ1n) is 11.5. The molecule has 178 valence electrons. The number of rotatable bonds is 6. The third kappa shape index (κ3) is 6.06. The molecule has 2 aromatic carbocycles. The minimum Gasteiger partial charge on any atom is -0.490 e. The van der Waals surface area contributed by atoms with Gasteiger partial charge >= 0.3 is 0 Å². The average Bonchev–Trinajstić information content (AvgIpc) is 2.82. The molecule has 1 heterocycles. The molecule has 0 unspecified atom stereocenters. The number of fused-ring (bicyclic) bond motifs is 1. The van der Waals surface area contributed by atoms with Crippen LogP contribution in [0.3, 0.4) is 0 Å². The quantitative estimate of drug-likeness (QED) is 0.636. The zero-order valence-corrected chi connectivity index (χ0v) is 20.8. The van der Waals surface area contributed by atoms with Crippen LogP contribution in [0.5, 0.6) is 11.5 Å². The number of ether oxygens (including phenoxy) is 2. The lowest BCUT2D eigenvalue weighted by Crippen LogP contribution is -2.43. The fourth-order valence-electron chi connectivity index (χ4n) is 3.67. The highest BCUT2D eigenvalue weighted by atomic mass is 16.5. The van der Waals surface area contributed by atoms with Gasteiger partial charge in [0, 0.05) is 12.2 Å². The van der Waals surface area contributed by atoms with Crippen molar-refractivity contribution in [3.05, 3.63) is 48.0 Å². The monoisotopic (exact) mass is 452 g/mol. The Hall–Kier alpha value is -3.02. The molecule has 2 aromatic rings. The molecule has 0 fully saturated rings. The van der Waals surface area contributed by atoms with Gasteiger partial charge in [-0.2, -0.15) is 0 Å². The maximum Gasteiger partial charge on any atom is 0.262 e. The zero-order valence-electron chi connectivity index (χ0n) is 20.8. The number of nitrogens with zero attached hydrogens (tertiary/aromatic N) is 1. The van der Waals surface area contributed by atoms with Crippen LogP contribution in [0.1, 0.15) is 54.0 Å². The Bertz CT molecular complexity index is 1000. The fraction of sp³-hybridized carbons (Fsp3) is 0.481. The summed E-state index contributed by atoms with van der Waals surface area (Å²) < 4.78 is 11.6. The number of hydrogen-bond acceptors (Lipinski definition) is 4. The van der Waals surface area contributed by atoms with E-state index in [-0.39, 0.29) is 29.8 Å². The van der Waals surface area contributed by atoms with Crippen LogP contribution in [-0.4, -0.2) is 31.6 Å². The van der Waals surface area contributed by atoms with Crippen molar-refractivity contribution in [3.63, 3.8) is 0 Å². The predicted molar refractivity (Wildman–Crippen MR) is 132 cm³/mol. The molecule has 1 aliphatic heterocycles. The number of benzene rings is 2. The molecule has 0 aromatic heterocycles. The van der Waals surface area contributed by atoms with E-state index < -0.39 is 5.41 Å². The van der Waals surface area contributed by atoms with Gasteiger partial charge in [0.05, 0.1) is 11.1 Å². The van der Waals surface area contributed by atoms with Gasteiger partial charge in [0.2, 0.25) is 5.91 Å². The van der Waals surface area contributed by atoms with E-state index >= 15 is 0 Å². The number of amides is 2. The summed E-state index contributed by atoms with van der Waals surface area (Å²) in [4.78, 5) is 27.5. The summed E-state index contributed by atoms with van der Waals surface area (Å²) >= 11 is 0. The van der Waals surface area contributed by atoms with E-state index in [1.807, 2.05) is 38.1 Å². The second-order valence-corrected chi connectivity index (χ2v) is 10.8. The van der Waals surface area contributed by atoms with E-state index in [9.17, 15) is 9.59 Å². The van der Waals surface area contributed by atoms with Crippen molar-refractivity contribution < 1.29 is 19.1 Å². The number of nitrogens with one attached hydrogen (secondary N) is 1. The minimum atomic E-state index is -0.631. The van der Waals surface area contributed by atoms with Crippen LogP contribution in [0, 0.1) is 11.3 Å². The first-order valence-corrected chi connectivity index (χ1v) is 11.5. The molecule has 3 rings (SSSR count). The maximum atomic E-state index is 13.2. The highest BCUT2D eigenvalue weighted by Crippen LogP contribution is 2.38. The predicted octanol–water partition coefficient (Wildman–Crippen LogP) is 5.41. The van der Waals surface area contributed by atoms with E-state index in [1.165, 1.54) is 5.56 Å². The third-order valence-electron chi connectivity index (χ3n) is 5.58. The smallest absolute Gasteiger partial charge is 0.262 e. The molecule has 0 saturated heterocycles. The first kappa shape index (κ1) is 24.6. The van der Waals surface area contributed by atoms with Crippen LogP contribution in [0.4, 0.5) is 11.4 Å². The summed E-state index contributed by atoms with van der Waals surface area (Å²) in [6.45, 7) is 15.2. The van der Waals surface area contributed by atoms with Gasteiger partial charge in [-0.15, -0.1) is 0 Å². The Labute approximate surface area is 197 Å². The lowest BCUT2D eigenvalue weighted by molar-refractivity contribution is -0.127. The van der Waals surface area contributed by atoms with Crippen LogP contribution in [-0.2, 0) is 15.0 Å². The van der Waals surface area contributed by atoms with Crippen LogP contribution >= 0.6 is 0 Å². The first-order chi connectivity index (χ1) is 15.4. The Morgan fingerprint density at radius 2 is 1.82 bits per heavy atom. The summed E-state index contributed by atoms with van der Waals surface area (Å²) in [5.74, 6) is 1.31. The molecular formula is C27H36N2O4. The van der Waals surface area contributed by atoms with Crippen LogP contribution in [0.15, 0.2) is 42.5 Å². The fourth-order valence-corrected chi connectivity index (χ4v) is 3.67. The Morgan fingerprint density at radius 3 is 2.42 bits per heavy atom. The van der Waals surface area contributed by atoms with Gasteiger partial charge in [0.15, 0.2) is 6.61 Å². The normalized spacial score (nSPS) is 15.5. The topological polar surface area (TPSA) is 67.9 Å². The Morgan fingerprint density at radius 1 is 1.15 bits per heavy atom. The van der Waals surface area contributed by atoms with E-state index in [2.05, 4.69) is 39.9 Å². The van der Waals surface area contributed by atoms with Gasteiger partial charge in [-0.25, -0.2) is 0 Å². The largest absolute Gasteiger partial charge is 0.490 e. The number of hydrogen-bond donors (Lipinski definition) is 1. The Kier molecular flexibility index (Phi) is 7.06. The summed E-state index contributed by atoms with van der Waals surface area (Å²) in [7, 11) is 0. The van der Waals surface area contributed by atoms with Gasteiger partial charge in [0.1, 0.15) is 18.1 Å². The van der Waals surface area contributed by atoms with Gasteiger partial charge in [-0.05, 0) is 61.1 Å². The molecule has 1 aliphatic rings. The van der Waals surface area contributed by atoms with Crippen LogP contribution in [0.25, 0.3) is 0 Å². The second kappa shape index (κ2) is 9.46. The van der Waals surface area contributed by atoms with Gasteiger partial charge in [0.25, 0.3) is 5.91 Å². The summed E-state index contributed by atoms with van der Waals surface area (Å²) in [5.41, 5.74) is 1.90. The van der Waals surface area contributed by atoms with E-state index in [4.69, 9.17) is 9.47 Å². The standard InChI is InChI=1S/C27H36N2O4/c1-18(2)15-29-22-14-20(10-13-23(22)33-17-27(6,7)25(29)31)28-24(30)16-32-21-11-8-19(9-12-21)26(3,4)5/h8-14,18H,15-17H2,1-7H3,(H,28,30). The molecule has 0 bridgehead atoms. The molecule has 0 atom stereocenters. The van der Waals surface area contributed by atoms with Crippen molar-refractivity contribution in [2.75, 3.05) is 30.0 Å². The van der Waals surface area contributed by atoms with E-state index in [1.54, 1.807) is 23.1 Å². The number of carbonyl (C=O) groups excluding carboxylic acids is 2. The highest BCUT2D eigenvalue weighted by molar-refractivity contribution is 6.00. The summed E-state index contributed by atoms with van der Waals surface area (Å²) in [6, 6.07) is 13.2. The molecule has 6 heteroatoms. The van der Waals surface area contributed by atoms with E-state index in [0.717, 1.165) is 0 Å². The number of carbonyl (C=O) groups is 2. The highest BCUT2D eigenvalue weighted by Gasteiger charge is 2.38. The average molecular weight is 453 g/mol. The van der Waals surface area contributed by atoms with Crippen LogP contribution in [0.2, 0.25) is 0 Å². The third-order valence-corrected chi connectivity index (χ3v) is 5.58. The second-order valence-electron chi connectivity index (χ2n) is 10.8. The summed E-state index contributed by atoms with van der Waals surface area (Å²) in [5, 5.41) is 2.87. The minimum absolute atomic E-state index is 0.0143. The van der Waals surface area contributed by atoms with Crippen molar-refractivity contribution in [3.8, 4) is 11.5 Å². The van der Waals surface area contributed by atoms with Crippen molar-refractivity contribution in [2.24, 2.45) is 11.3 Å². The van der Waals surface area contributed by atoms with Crippen molar-refractivity contribution in [2.45, 2.75) is 53.9 Å². The molecule has 0 aliphatic carbocycles. The SMILES string of the molecule is CC(C)CN1C(=O)C(C)(C)COc2ccc(NC(=O)COc3ccc(C(C)(C)C)cc3)cc21. The zero-order chi connectivity index (χ0) is 24.4. The van der Waals surface area contributed by atoms with Gasteiger partial charge in [-0.1, -0.05) is 46.8 Å². The lowest BCUT2D eigenvalue weighted by atomic mass is 9.87. The van der Waals surface area contributed by atoms with Gasteiger partial charge in [-0.3, -0.25) is 9.59 Å². The molecular weight excluding hydrogens is 416 g/mol. The molecule has 0 spiro atoms. The molecule has 0 saturated carbocycles. The molecule has 0 radical (unpaired) electrons. The van der Waals surface area contributed by atoms with E-state index in [0.29, 0.717) is 36.0 Å². The van der Waals surface area contributed by atoms with Crippen molar-refractivity contribution in [1.29, 1.82) is 0 Å².